The number of carbonyl (C=O) groups is 1. The summed E-state index contributed by atoms with van der Waals surface area (Å²) in [5.41, 5.74) is 0.421. The fourth-order valence-corrected chi connectivity index (χ4v) is 2.29. The third-order valence-corrected chi connectivity index (χ3v) is 3.52. The fraction of sp³-hybridized carbons (Fsp3) is 0.938. The van der Waals surface area contributed by atoms with E-state index in [1.54, 1.807) is 0 Å². The Morgan fingerprint density at radius 3 is 2.00 bits per heavy atom. The minimum atomic E-state index is -0.957. The van der Waals surface area contributed by atoms with Gasteiger partial charge in [-0.25, -0.2) is 0 Å². The lowest BCUT2D eigenvalue weighted by Gasteiger charge is -2.18. The number of aliphatic carboxylic acids is 1. The van der Waals surface area contributed by atoms with E-state index in [2.05, 4.69) is 20.8 Å². The van der Waals surface area contributed by atoms with Gasteiger partial charge in [0.2, 0.25) is 0 Å². The van der Waals surface area contributed by atoms with E-state index in [1.165, 1.54) is 25.7 Å². The van der Waals surface area contributed by atoms with Crippen molar-refractivity contribution in [1.29, 1.82) is 0 Å². The van der Waals surface area contributed by atoms with E-state index >= 15 is 0 Å². The van der Waals surface area contributed by atoms with Crippen molar-refractivity contribution < 1.29 is 15.0 Å². The number of hydrogen-bond acceptors (Lipinski definition) is 3. The van der Waals surface area contributed by atoms with Crippen LogP contribution >= 0.6 is 0 Å². The molecule has 0 rings (SSSR count). The first-order valence-electron chi connectivity index (χ1n) is 7.68. The molecule has 0 aromatic carbocycles. The summed E-state index contributed by atoms with van der Waals surface area (Å²) in [5, 5.41) is 19.6. The predicted octanol–water partition coefficient (Wildman–Crippen LogP) is 3.28. The van der Waals surface area contributed by atoms with E-state index in [0.717, 1.165) is 12.8 Å². The van der Waals surface area contributed by atoms with E-state index < -0.39 is 5.97 Å². The number of rotatable bonds is 11. The standard InChI is InChI=1S/C16H32O3.H3N/c1-16(2,3)12-8-6-4-5-7-10-14(15(18)19)11-9-13-17;/h14,17H,4-13H2,1-3H3,(H,18,19);1H3. The van der Waals surface area contributed by atoms with Crippen LogP contribution in [0.15, 0.2) is 0 Å². The van der Waals surface area contributed by atoms with Crippen molar-refractivity contribution in [3.8, 4) is 0 Å². The van der Waals surface area contributed by atoms with Crippen molar-refractivity contribution >= 4 is 5.97 Å². The molecule has 0 bridgehead atoms. The zero-order valence-corrected chi connectivity index (χ0v) is 13.9. The number of hydrogen-bond donors (Lipinski definition) is 2. The molecule has 0 aliphatic carbocycles. The zero-order valence-electron chi connectivity index (χ0n) is 13.9. The first-order chi connectivity index (χ1) is 8.87. The highest BCUT2D eigenvalue weighted by molar-refractivity contribution is 5.67. The van der Waals surface area contributed by atoms with Crippen molar-refractivity contribution in [2.75, 3.05) is 6.61 Å². The molecule has 0 spiro atoms. The predicted molar refractivity (Wildman–Crippen MR) is 82.6 cm³/mol. The van der Waals surface area contributed by atoms with Crippen LogP contribution in [0.25, 0.3) is 0 Å². The number of unbranched alkanes of at least 4 members (excludes halogenated alkanes) is 4. The van der Waals surface area contributed by atoms with Gasteiger partial charge in [-0.3, -0.25) is 0 Å². The Hall–Kier alpha value is -0.610. The molecule has 0 aliphatic heterocycles. The fourth-order valence-electron chi connectivity index (χ4n) is 2.29. The molecule has 1 unspecified atom stereocenters. The molecule has 20 heavy (non-hydrogen) atoms. The molecule has 0 heterocycles. The molecule has 0 fully saturated rings. The van der Waals surface area contributed by atoms with Crippen LogP contribution in [0.2, 0.25) is 0 Å². The minimum absolute atomic E-state index is 0. The first-order valence-corrected chi connectivity index (χ1v) is 7.68. The summed E-state index contributed by atoms with van der Waals surface area (Å²) in [4.78, 5) is 10.9. The van der Waals surface area contributed by atoms with Crippen LogP contribution in [-0.2, 0) is 4.79 Å². The smallest absolute Gasteiger partial charge is 0.0445 e. The SMILES string of the molecule is CC(C)(C)CCCCCCCC(CCCO)C(=O)[O-].[NH4+]. The lowest BCUT2D eigenvalue weighted by atomic mass is 9.89. The van der Waals surface area contributed by atoms with Gasteiger partial charge in [0.1, 0.15) is 0 Å². The molecule has 0 saturated carbocycles. The van der Waals surface area contributed by atoms with Crippen molar-refractivity contribution in [2.45, 2.75) is 78.6 Å². The molecule has 0 aliphatic rings. The second-order valence-corrected chi connectivity index (χ2v) is 6.75. The molecule has 122 valence electrons. The van der Waals surface area contributed by atoms with Gasteiger partial charge in [0, 0.05) is 12.6 Å². The summed E-state index contributed by atoms with van der Waals surface area (Å²) in [6.07, 6.45) is 8.81. The Bertz CT molecular complexity index is 236. The number of carboxylic acid groups (broad SMARTS) is 1. The first kappa shape index (κ1) is 21.7. The number of aliphatic hydroxyl groups is 1. The van der Waals surface area contributed by atoms with E-state index in [1.807, 2.05) is 0 Å². The highest BCUT2D eigenvalue weighted by Crippen LogP contribution is 2.23. The van der Waals surface area contributed by atoms with Crippen LogP contribution in [0.1, 0.15) is 78.6 Å². The van der Waals surface area contributed by atoms with Crippen LogP contribution in [0.3, 0.4) is 0 Å². The Balaban J connectivity index is 0. The van der Waals surface area contributed by atoms with Crippen LogP contribution < -0.4 is 11.3 Å². The second-order valence-electron chi connectivity index (χ2n) is 6.75. The quantitative estimate of drug-likeness (QED) is 0.571. The van der Waals surface area contributed by atoms with Gasteiger partial charge in [0.05, 0.1) is 0 Å². The van der Waals surface area contributed by atoms with Crippen LogP contribution in [0.5, 0.6) is 0 Å². The van der Waals surface area contributed by atoms with Crippen molar-refractivity contribution in [3.63, 3.8) is 0 Å². The monoisotopic (exact) mass is 289 g/mol. The number of carboxylic acids is 1. The molecule has 0 amide bonds. The molecule has 0 saturated heterocycles. The summed E-state index contributed by atoms with van der Waals surface area (Å²) in [5.74, 6) is -1.33. The zero-order chi connectivity index (χ0) is 14.7. The summed E-state index contributed by atoms with van der Waals surface area (Å²) in [6.45, 7) is 6.85. The Morgan fingerprint density at radius 2 is 1.50 bits per heavy atom. The Morgan fingerprint density at radius 1 is 1.00 bits per heavy atom. The summed E-state index contributed by atoms with van der Waals surface area (Å²) >= 11 is 0. The minimum Gasteiger partial charge on any atom is -0.550 e. The lowest BCUT2D eigenvalue weighted by molar-refractivity contribution is -0.312. The van der Waals surface area contributed by atoms with Gasteiger partial charge in [0.25, 0.3) is 0 Å². The van der Waals surface area contributed by atoms with Gasteiger partial charge >= 0.3 is 0 Å². The third kappa shape index (κ3) is 13.8. The third-order valence-electron chi connectivity index (χ3n) is 3.52. The highest BCUT2D eigenvalue weighted by Gasteiger charge is 2.10. The lowest BCUT2D eigenvalue weighted by Crippen LogP contribution is -2.31. The van der Waals surface area contributed by atoms with Crippen molar-refractivity contribution in [1.82, 2.24) is 6.15 Å². The second kappa shape index (κ2) is 12.2. The summed E-state index contributed by atoms with van der Waals surface area (Å²) < 4.78 is 0. The Labute approximate surface area is 124 Å². The number of carbonyl (C=O) groups excluding carboxylic acids is 1. The van der Waals surface area contributed by atoms with Gasteiger partial charge in [-0.2, -0.15) is 0 Å². The van der Waals surface area contributed by atoms with E-state index in [-0.39, 0.29) is 18.7 Å². The van der Waals surface area contributed by atoms with Crippen LogP contribution in [0, 0.1) is 11.3 Å². The van der Waals surface area contributed by atoms with Crippen molar-refractivity contribution in [3.05, 3.63) is 0 Å². The van der Waals surface area contributed by atoms with E-state index in [0.29, 0.717) is 24.7 Å². The Kier molecular flexibility index (Phi) is 13.2. The normalized spacial score (nSPS) is 12.8. The maximum absolute atomic E-state index is 10.9. The van der Waals surface area contributed by atoms with E-state index in [4.69, 9.17) is 5.11 Å². The average molecular weight is 289 g/mol. The van der Waals surface area contributed by atoms with Crippen LogP contribution in [0.4, 0.5) is 0 Å². The molecular weight excluding hydrogens is 254 g/mol. The molecule has 4 heteroatoms. The maximum Gasteiger partial charge on any atom is 0.0445 e. The van der Waals surface area contributed by atoms with Gasteiger partial charge in [-0.15, -0.1) is 0 Å². The van der Waals surface area contributed by atoms with E-state index in [9.17, 15) is 9.90 Å². The largest absolute Gasteiger partial charge is 0.550 e. The maximum atomic E-state index is 10.9. The topological polar surface area (TPSA) is 96.9 Å². The van der Waals surface area contributed by atoms with Gasteiger partial charge < -0.3 is 21.2 Å². The molecular formula is C16H35NO3. The van der Waals surface area contributed by atoms with Crippen molar-refractivity contribution in [2.24, 2.45) is 11.3 Å². The van der Waals surface area contributed by atoms with Gasteiger partial charge in [0.15, 0.2) is 0 Å². The molecule has 1 atom stereocenters. The summed E-state index contributed by atoms with van der Waals surface area (Å²) in [6, 6.07) is 0. The molecule has 4 nitrogen and oxygen atoms in total. The highest BCUT2D eigenvalue weighted by atomic mass is 16.4. The number of aliphatic hydroxyl groups excluding tert-OH is 1. The summed E-state index contributed by atoms with van der Waals surface area (Å²) in [7, 11) is 0. The average Bonchev–Trinajstić information content (AvgIpc) is 2.29. The number of quaternary nitrogens is 1. The van der Waals surface area contributed by atoms with Gasteiger partial charge in [-0.1, -0.05) is 52.9 Å². The molecule has 0 radical (unpaired) electrons. The van der Waals surface area contributed by atoms with Gasteiger partial charge in [-0.05, 0) is 37.0 Å². The molecule has 5 N–H and O–H groups in total. The molecule has 0 aromatic heterocycles. The van der Waals surface area contributed by atoms with Crippen LogP contribution in [-0.4, -0.2) is 17.7 Å². The molecule has 0 aromatic rings.